The molecule has 0 atom stereocenters. The van der Waals surface area contributed by atoms with Gasteiger partial charge in [0.15, 0.2) is 0 Å². The number of rotatable bonds is 2. The molecule has 4 aromatic heterocycles. The zero-order valence-corrected chi connectivity index (χ0v) is 29.4. The van der Waals surface area contributed by atoms with Crippen LogP contribution in [0.2, 0.25) is 10.0 Å². The topological polar surface area (TPSA) is 70.0 Å². The maximum atomic E-state index is 13.3. The van der Waals surface area contributed by atoms with Gasteiger partial charge in [0.25, 0.3) is 0 Å². The quantitative estimate of drug-likeness (QED) is 0.166. The monoisotopic (exact) mass is 714 g/mol. The van der Waals surface area contributed by atoms with Crippen LogP contribution in [0.1, 0.15) is 50.8 Å². The van der Waals surface area contributed by atoms with E-state index < -0.39 is 11.6 Å². The van der Waals surface area contributed by atoms with Crippen LogP contribution in [0, 0.1) is 32.4 Å². The maximum absolute atomic E-state index is 13.3. The molecule has 0 N–H and O–H groups in total. The Morgan fingerprint density at radius 2 is 1.19 bits per heavy atom. The van der Waals surface area contributed by atoms with E-state index in [0.717, 1.165) is 41.8 Å². The smallest absolute Gasteiger partial charge is 0.399 e. The van der Waals surface area contributed by atoms with Crippen LogP contribution in [0.5, 0.6) is 0 Å². The molecule has 0 aliphatic carbocycles. The van der Waals surface area contributed by atoms with Gasteiger partial charge in [-0.2, -0.15) is 0 Å². The molecule has 246 valence electrons. The van der Waals surface area contributed by atoms with Crippen LogP contribution < -0.4 is 4.78 Å². The molecule has 2 aromatic carbocycles. The number of aryl methyl sites for hydroxylation is 3. The highest BCUT2D eigenvalue weighted by Crippen LogP contribution is 2.37. The Morgan fingerprint density at radius 1 is 0.681 bits per heavy atom. The Kier molecular flexibility index (Phi) is 11.4. The van der Waals surface area contributed by atoms with Gasteiger partial charge in [-0.15, -0.1) is 22.7 Å². The summed E-state index contributed by atoms with van der Waals surface area (Å²) in [6.07, 6.45) is 6.82. The second-order valence-electron chi connectivity index (χ2n) is 11.7. The second kappa shape index (κ2) is 14.6. The lowest BCUT2D eigenvalue weighted by Crippen LogP contribution is -2.41. The fraction of sp³-hybridized carbons (Fsp3) is 0.294. The average molecular weight is 716 g/mol. The Morgan fingerprint density at radius 3 is 1.70 bits per heavy atom. The van der Waals surface area contributed by atoms with Crippen molar-refractivity contribution in [2.24, 2.45) is 0 Å². The lowest BCUT2D eigenvalue weighted by Gasteiger charge is -2.32. The van der Waals surface area contributed by atoms with Crippen LogP contribution in [0.3, 0.4) is 0 Å². The summed E-state index contributed by atoms with van der Waals surface area (Å²) in [5.41, 5.74) is 1.19. The molecule has 6 aromatic rings. The van der Waals surface area contributed by atoms with Gasteiger partial charge in [-0.1, -0.05) is 42.8 Å². The first-order valence-electron chi connectivity index (χ1n) is 14.3. The van der Waals surface area contributed by atoms with Crippen LogP contribution in [0.4, 0.5) is 8.78 Å². The van der Waals surface area contributed by atoms with Crippen molar-refractivity contribution in [1.82, 2.24) is 19.9 Å². The highest BCUT2D eigenvalue weighted by Gasteiger charge is 2.52. The van der Waals surface area contributed by atoms with Gasteiger partial charge < -0.3 is 9.31 Å². The third-order valence-corrected chi connectivity index (χ3v) is 10.4. The minimum Gasteiger partial charge on any atom is -0.399 e. The third kappa shape index (κ3) is 8.16. The van der Waals surface area contributed by atoms with Crippen molar-refractivity contribution in [3.8, 4) is 10.6 Å². The molecule has 1 aliphatic rings. The van der Waals surface area contributed by atoms with E-state index in [2.05, 4.69) is 47.6 Å². The maximum Gasteiger partial charge on any atom is 0.507 e. The highest BCUT2D eigenvalue weighted by molar-refractivity contribution is 7.22. The Hall–Kier alpha value is -3.06. The summed E-state index contributed by atoms with van der Waals surface area (Å²) in [5, 5.41) is 5.37. The van der Waals surface area contributed by atoms with E-state index in [4.69, 9.17) is 32.5 Å². The first-order chi connectivity index (χ1) is 21.6. The van der Waals surface area contributed by atoms with Crippen molar-refractivity contribution in [2.75, 3.05) is 0 Å². The van der Waals surface area contributed by atoms with Crippen LogP contribution in [0.25, 0.3) is 32.1 Å². The molecule has 5 heterocycles. The number of thiazole rings is 2. The van der Waals surface area contributed by atoms with Crippen LogP contribution in [-0.2, 0) is 9.31 Å². The van der Waals surface area contributed by atoms with Crippen molar-refractivity contribution in [1.29, 1.82) is 0 Å². The number of halogens is 4. The van der Waals surface area contributed by atoms with Gasteiger partial charge in [-0.25, -0.2) is 13.8 Å². The Balaban J connectivity index is 0.000000160. The molecule has 0 amide bonds. The molecule has 0 spiro atoms. The fourth-order valence-electron chi connectivity index (χ4n) is 4.48. The lowest BCUT2D eigenvalue weighted by molar-refractivity contribution is 0.00578. The number of fused-ring (bicyclic) bond motifs is 2. The zero-order chi connectivity index (χ0) is 33.4. The van der Waals surface area contributed by atoms with E-state index in [0.29, 0.717) is 10.8 Å². The Bertz CT molecular complexity index is 2020. The highest BCUT2D eigenvalue weighted by atomic mass is 35.5. The molecule has 13 heteroatoms. The summed E-state index contributed by atoms with van der Waals surface area (Å²) in [4.78, 5) is 17.8. The van der Waals surface area contributed by atoms with Crippen molar-refractivity contribution in [3.63, 3.8) is 0 Å². The standard InChI is InChI=1S/C13H8ClFN2S.C10H16BNO2S.C10H7ClFN.CH4/c1-7-16-6-12(18-7)11-4-8-2-3-10(15)13(14)9(8)5-17-11;1-7-12-6-8(15-7)11-13-9(2,3)10(4,5)14-11;1-6-4-7-2-3-9(12)10(11)8(7)5-13-6;/h2-6H,1H3;6H,1-5H3;2-5H,1H3;1H4. The number of hydrogen-bond donors (Lipinski definition) is 0. The van der Waals surface area contributed by atoms with E-state index in [1.54, 1.807) is 53.4 Å². The van der Waals surface area contributed by atoms with Gasteiger partial charge >= 0.3 is 7.12 Å². The predicted molar refractivity (Wildman–Crippen MR) is 193 cm³/mol. The molecular formula is C34H35BCl2F2N4O2S2. The summed E-state index contributed by atoms with van der Waals surface area (Å²) in [6, 6.07) is 9.91. The lowest BCUT2D eigenvalue weighted by atomic mass is 9.89. The van der Waals surface area contributed by atoms with Crippen LogP contribution in [-0.4, -0.2) is 38.3 Å². The molecule has 0 radical (unpaired) electrons. The first-order valence-corrected chi connectivity index (χ1v) is 16.7. The molecular weight excluding hydrogens is 680 g/mol. The Labute approximate surface area is 292 Å². The largest absolute Gasteiger partial charge is 0.507 e. The SMILES string of the molecule is C.Cc1cc2ccc(F)c(Cl)c2cn1.Cc1ncc(-c2cc3ccc(F)c(Cl)c3cn2)s1.Cc1ncc(B2OC(C)(C)C(C)(C)O2)s1. The molecule has 47 heavy (non-hydrogen) atoms. The average Bonchev–Trinajstić information content (AvgIpc) is 3.70. The molecule has 0 saturated carbocycles. The molecule has 7 rings (SSSR count). The van der Waals surface area contributed by atoms with Gasteiger partial charge in [0.2, 0.25) is 0 Å². The number of benzene rings is 2. The summed E-state index contributed by atoms with van der Waals surface area (Å²) < 4.78 is 39.2. The second-order valence-corrected chi connectivity index (χ2v) is 14.9. The van der Waals surface area contributed by atoms with Crippen molar-refractivity contribution in [2.45, 2.75) is 67.1 Å². The van der Waals surface area contributed by atoms with E-state index in [9.17, 15) is 8.78 Å². The van der Waals surface area contributed by atoms with E-state index >= 15 is 0 Å². The van der Waals surface area contributed by atoms with Crippen molar-refractivity contribution < 1.29 is 18.1 Å². The summed E-state index contributed by atoms with van der Waals surface area (Å²) in [7, 11) is -0.263. The van der Waals surface area contributed by atoms with Crippen molar-refractivity contribution in [3.05, 3.63) is 98.6 Å². The van der Waals surface area contributed by atoms with E-state index in [-0.39, 0.29) is 35.8 Å². The molecule has 1 aliphatic heterocycles. The summed E-state index contributed by atoms with van der Waals surface area (Å²) in [5.74, 6) is -0.827. The van der Waals surface area contributed by atoms with Gasteiger partial charge in [-0.3, -0.25) is 15.0 Å². The van der Waals surface area contributed by atoms with Crippen LogP contribution >= 0.6 is 45.9 Å². The molecule has 1 fully saturated rings. The first kappa shape index (κ1) is 36.8. The summed E-state index contributed by atoms with van der Waals surface area (Å²) >= 11 is 14.9. The molecule has 0 unspecified atom stereocenters. The number of pyridine rings is 2. The van der Waals surface area contributed by atoms with Crippen LogP contribution in [0.15, 0.2) is 61.2 Å². The zero-order valence-electron chi connectivity index (χ0n) is 26.3. The van der Waals surface area contributed by atoms with Gasteiger partial charge in [0.05, 0.1) is 46.6 Å². The molecule has 6 nitrogen and oxygen atoms in total. The molecule has 1 saturated heterocycles. The van der Waals surface area contributed by atoms with Gasteiger partial charge in [0, 0.05) is 41.3 Å². The molecule has 0 bridgehead atoms. The van der Waals surface area contributed by atoms with E-state index in [1.807, 2.05) is 39.1 Å². The number of hydrogen-bond acceptors (Lipinski definition) is 8. The minimum absolute atomic E-state index is 0. The predicted octanol–water partition coefficient (Wildman–Crippen LogP) is 10.2. The summed E-state index contributed by atoms with van der Waals surface area (Å²) in [6.45, 7) is 14.0. The fourth-order valence-corrected chi connectivity index (χ4v) is 6.42. The van der Waals surface area contributed by atoms with Crippen molar-refractivity contribution >= 4 is 79.3 Å². The van der Waals surface area contributed by atoms with E-state index in [1.165, 1.54) is 12.1 Å². The third-order valence-electron chi connectivity index (χ3n) is 7.72. The normalized spacial score (nSPS) is 14.7. The number of nitrogens with zero attached hydrogens (tertiary/aromatic N) is 4. The van der Waals surface area contributed by atoms with Gasteiger partial charge in [0.1, 0.15) is 11.6 Å². The number of aromatic nitrogens is 4. The van der Waals surface area contributed by atoms with Gasteiger partial charge in [-0.05, 0) is 83.5 Å². The minimum atomic E-state index is -0.424.